The van der Waals surface area contributed by atoms with Gasteiger partial charge in [-0.15, -0.1) is 0 Å². The Morgan fingerprint density at radius 1 is 0.765 bits per heavy atom. The fraction of sp³-hybridized carbons (Fsp3) is 0. The van der Waals surface area contributed by atoms with Crippen molar-refractivity contribution in [2.45, 2.75) is 9.79 Å². The molecule has 2 aromatic rings. The molecular weight excluding hydrogens is 285 g/mol. The molecule has 1 nitrogen and oxygen atoms in total. The lowest BCUT2D eigenvalue weighted by molar-refractivity contribution is 1.47. The summed E-state index contributed by atoms with van der Waals surface area (Å²) in [5, 5.41) is 0. The summed E-state index contributed by atoms with van der Waals surface area (Å²) >= 11 is 8.74. The number of benzene rings is 2. The van der Waals surface area contributed by atoms with Gasteiger partial charge in [0.05, 0.1) is 0 Å². The fourth-order valence-corrected chi connectivity index (χ4v) is 8.50. The van der Waals surface area contributed by atoms with Gasteiger partial charge in [0.15, 0.2) is 0 Å². The Bertz CT molecular complexity index is 470. The average Bonchev–Trinajstić information content (AvgIpc) is 2.30. The monoisotopic (exact) mass is 297 g/mol. The Labute approximate surface area is 115 Å². The van der Waals surface area contributed by atoms with Crippen LogP contribution < -0.4 is 5.50 Å². The Balaban J connectivity index is 2.07. The Kier molecular flexibility index (Phi) is 4.71. The van der Waals surface area contributed by atoms with Crippen LogP contribution in [0.5, 0.6) is 0 Å². The third kappa shape index (κ3) is 4.49. The largest absolute Gasteiger partial charge is 0.286 e. The molecule has 2 rings (SSSR count). The van der Waals surface area contributed by atoms with Crippen LogP contribution in [0.4, 0.5) is 0 Å². The predicted octanol–water partition coefficient (Wildman–Crippen LogP) is 4.75. The molecule has 0 fully saturated rings. The average molecular weight is 297 g/mol. The van der Waals surface area contributed by atoms with Crippen molar-refractivity contribution in [2.75, 3.05) is 0 Å². The summed E-state index contributed by atoms with van der Waals surface area (Å²) in [6.07, 6.45) is 0. The molecule has 2 aromatic carbocycles. The second-order valence-corrected chi connectivity index (χ2v) is 14.1. The van der Waals surface area contributed by atoms with E-state index in [1.807, 2.05) is 60.7 Å². The number of hydrogen-bond donors (Lipinski definition) is 1. The molecule has 0 heterocycles. The molecule has 0 atom stereocenters. The van der Waals surface area contributed by atoms with E-state index in [0.29, 0.717) is 0 Å². The minimum Gasteiger partial charge on any atom is -0.286 e. The van der Waals surface area contributed by atoms with E-state index in [2.05, 4.69) is 0 Å². The second-order valence-electron chi connectivity index (χ2n) is 3.35. The first-order valence-electron chi connectivity index (χ1n) is 5.04. The van der Waals surface area contributed by atoms with Crippen molar-refractivity contribution >= 4 is 39.2 Å². The molecule has 17 heavy (non-hydrogen) atoms. The van der Waals surface area contributed by atoms with Crippen molar-refractivity contribution in [1.29, 1.82) is 0 Å². The maximum absolute atomic E-state index is 6.23. The summed E-state index contributed by atoms with van der Waals surface area (Å²) in [5.74, 6) is 0. The smallest absolute Gasteiger partial charge is 0.124 e. The van der Waals surface area contributed by atoms with Gasteiger partial charge in [0.2, 0.25) is 0 Å². The lowest BCUT2D eigenvalue weighted by Crippen LogP contribution is -1.85. The van der Waals surface area contributed by atoms with Crippen molar-refractivity contribution in [1.82, 2.24) is 0 Å². The van der Waals surface area contributed by atoms with E-state index in [1.165, 1.54) is 0 Å². The normalized spacial score (nSPS) is 11.4. The van der Waals surface area contributed by atoms with Gasteiger partial charge in [-0.25, -0.2) is 0 Å². The van der Waals surface area contributed by atoms with Crippen LogP contribution >= 0.6 is 27.4 Å². The lowest BCUT2D eigenvalue weighted by Gasteiger charge is -2.14. The van der Waals surface area contributed by atoms with Crippen molar-refractivity contribution in [3.63, 3.8) is 0 Å². The lowest BCUT2D eigenvalue weighted by atomic mass is 10.4. The standard InChI is InChI=1S/C12H12NPS3/c13-14(15,16-11-7-3-1-4-8-11)17-12-9-5-2-6-10-12/h1-10H,(H2,13,15). The molecule has 0 aliphatic rings. The number of nitrogens with two attached hydrogens (primary N) is 1. The molecular formula is C12H12NPS3. The van der Waals surface area contributed by atoms with Crippen LogP contribution in [0.3, 0.4) is 0 Å². The molecule has 2 N–H and O–H groups in total. The van der Waals surface area contributed by atoms with Crippen molar-refractivity contribution in [3.8, 4) is 0 Å². The van der Waals surface area contributed by atoms with Gasteiger partial charge >= 0.3 is 0 Å². The quantitative estimate of drug-likeness (QED) is 0.823. The first-order chi connectivity index (χ1) is 8.16. The Morgan fingerprint density at radius 3 is 1.47 bits per heavy atom. The van der Waals surface area contributed by atoms with Gasteiger partial charge in [-0.1, -0.05) is 71.0 Å². The van der Waals surface area contributed by atoms with E-state index < -0.39 is 4.59 Å². The van der Waals surface area contributed by atoms with Crippen LogP contribution in [0.15, 0.2) is 70.5 Å². The SMILES string of the molecule is NP(=S)(Sc1ccccc1)Sc1ccccc1. The summed E-state index contributed by atoms with van der Waals surface area (Å²) in [7, 11) is 0. The van der Waals surface area contributed by atoms with Gasteiger partial charge in [0.1, 0.15) is 4.59 Å². The van der Waals surface area contributed by atoms with E-state index >= 15 is 0 Å². The number of rotatable bonds is 4. The van der Waals surface area contributed by atoms with E-state index in [9.17, 15) is 0 Å². The van der Waals surface area contributed by atoms with Crippen LogP contribution in [0.1, 0.15) is 0 Å². The van der Waals surface area contributed by atoms with Gasteiger partial charge < -0.3 is 0 Å². The van der Waals surface area contributed by atoms with Gasteiger partial charge in [-0.2, -0.15) is 0 Å². The third-order valence-electron chi connectivity index (χ3n) is 1.95. The molecule has 0 unspecified atom stereocenters. The minimum absolute atomic E-state index is 1.14. The first kappa shape index (κ1) is 13.2. The summed E-state index contributed by atoms with van der Waals surface area (Å²) in [5.41, 5.74) is 6.23. The topological polar surface area (TPSA) is 26.0 Å². The Morgan fingerprint density at radius 2 is 1.12 bits per heavy atom. The van der Waals surface area contributed by atoms with Gasteiger partial charge in [0, 0.05) is 9.79 Å². The zero-order valence-electron chi connectivity index (χ0n) is 9.02. The molecule has 0 saturated heterocycles. The van der Waals surface area contributed by atoms with Crippen molar-refractivity contribution in [2.24, 2.45) is 5.50 Å². The summed E-state index contributed by atoms with van der Waals surface area (Å²) in [6.45, 7) is 0. The summed E-state index contributed by atoms with van der Waals surface area (Å²) < 4.78 is -1.97. The highest BCUT2D eigenvalue weighted by Crippen LogP contribution is 2.67. The molecule has 0 aliphatic heterocycles. The fourth-order valence-electron chi connectivity index (χ4n) is 1.28. The zero-order chi connectivity index (χ0) is 12.1. The van der Waals surface area contributed by atoms with Crippen molar-refractivity contribution < 1.29 is 0 Å². The molecule has 0 amide bonds. The highest BCUT2D eigenvalue weighted by molar-refractivity contribution is 8.99. The molecule has 88 valence electrons. The van der Waals surface area contributed by atoms with E-state index in [1.54, 1.807) is 22.8 Å². The van der Waals surface area contributed by atoms with Crippen LogP contribution in [0.2, 0.25) is 0 Å². The Hall–Kier alpha value is -0.250. The van der Waals surface area contributed by atoms with Crippen LogP contribution in [-0.2, 0) is 11.8 Å². The zero-order valence-corrected chi connectivity index (χ0v) is 12.4. The van der Waals surface area contributed by atoms with E-state index in [4.69, 9.17) is 17.3 Å². The van der Waals surface area contributed by atoms with Gasteiger partial charge in [0.25, 0.3) is 0 Å². The van der Waals surface area contributed by atoms with E-state index in [-0.39, 0.29) is 0 Å². The van der Waals surface area contributed by atoms with Gasteiger partial charge in [-0.05, 0) is 24.3 Å². The highest BCUT2D eigenvalue weighted by Gasteiger charge is 2.14. The minimum atomic E-state index is -1.97. The first-order valence-corrected chi connectivity index (χ1v) is 10.8. The number of hydrogen-bond acceptors (Lipinski definition) is 3. The van der Waals surface area contributed by atoms with Gasteiger partial charge in [-0.3, -0.25) is 5.50 Å². The predicted molar refractivity (Wildman–Crippen MR) is 83.1 cm³/mol. The maximum Gasteiger partial charge on any atom is 0.124 e. The molecule has 5 heteroatoms. The second kappa shape index (κ2) is 6.07. The van der Waals surface area contributed by atoms with Crippen LogP contribution in [0.25, 0.3) is 0 Å². The molecule has 0 saturated carbocycles. The van der Waals surface area contributed by atoms with E-state index in [0.717, 1.165) is 9.79 Å². The van der Waals surface area contributed by atoms with Crippen molar-refractivity contribution in [3.05, 3.63) is 60.7 Å². The summed E-state index contributed by atoms with van der Waals surface area (Å²) in [4.78, 5) is 2.28. The molecule has 0 aliphatic carbocycles. The third-order valence-corrected chi connectivity index (χ3v) is 8.90. The molecule has 0 bridgehead atoms. The summed E-state index contributed by atoms with van der Waals surface area (Å²) in [6, 6.07) is 20.2. The molecule has 0 aromatic heterocycles. The highest BCUT2D eigenvalue weighted by atomic mass is 33.2. The van der Waals surface area contributed by atoms with Crippen LogP contribution in [0, 0.1) is 0 Å². The maximum atomic E-state index is 6.23. The molecule has 0 spiro atoms. The van der Waals surface area contributed by atoms with Crippen LogP contribution in [-0.4, -0.2) is 0 Å². The molecule has 0 radical (unpaired) electrons.